The Kier molecular flexibility index (Phi) is 6.78. The largest absolute Gasteiger partial charge is 0.508 e. The fourth-order valence-corrected chi connectivity index (χ4v) is 7.10. The lowest BCUT2D eigenvalue weighted by Gasteiger charge is -2.31. The Balaban J connectivity index is 1.37. The van der Waals surface area contributed by atoms with Gasteiger partial charge in [0.15, 0.2) is 5.82 Å². The van der Waals surface area contributed by atoms with Crippen LogP contribution in [0.3, 0.4) is 0 Å². The van der Waals surface area contributed by atoms with Crippen molar-refractivity contribution in [3.8, 4) is 35.4 Å². The summed E-state index contributed by atoms with van der Waals surface area (Å²) in [7, 11) is 1.90. The zero-order valence-electron chi connectivity index (χ0n) is 23.7. The minimum atomic E-state index is -0.916. The van der Waals surface area contributed by atoms with Gasteiger partial charge in [-0.1, -0.05) is 12.0 Å². The van der Waals surface area contributed by atoms with Crippen molar-refractivity contribution in [1.82, 2.24) is 25.2 Å². The third kappa shape index (κ3) is 4.60. The van der Waals surface area contributed by atoms with Crippen LogP contribution < -0.4 is 15.0 Å². The molecule has 0 saturated carbocycles. The molecule has 0 aliphatic carbocycles. The number of nitrogens with zero attached hydrogens (tertiary/aromatic N) is 5. The zero-order valence-corrected chi connectivity index (χ0v) is 23.7. The number of phenols is 1. The minimum Gasteiger partial charge on any atom is -0.508 e. The zero-order chi connectivity index (χ0) is 29.9. The van der Waals surface area contributed by atoms with Crippen molar-refractivity contribution in [2.45, 2.75) is 43.4 Å². The Morgan fingerprint density at radius 3 is 2.86 bits per heavy atom. The van der Waals surface area contributed by atoms with Gasteiger partial charge in [-0.3, -0.25) is 9.88 Å². The average Bonchev–Trinajstić information content (AvgIpc) is 3.70. The molecule has 2 aromatic heterocycles. The summed E-state index contributed by atoms with van der Waals surface area (Å²) in [6.45, 7) is 2.72. The lowest BCUT2D eigenvalue weighted by molar-refractivity contribution is 0.107. The standard InChI is InChI=1S/C32H31F3N6O2/c1-3-22-25(34)6-5-18-11-21(42)12-23(26(18)22)28-27(35)29-24(14-37-28)30(40-10-7-20(16-40)36-2)39-31(38-29)43-17-32-8-4-9-41(32)15-19(33)13-32/h1,5-6,11-12,14,19-20,36,42H,4,7-10,13,15-17H2,2H3/t19-,20?,32+/m1/s1. The van der Waals surface area contributed by atoms with E-state index in [4.69, 9.17) is 16.1 Å². The molecule has 8 nitrogen and oxygen atoms in total. The first-order chi connectivity index (χ1) is 20.8. The van der Waals surface area contributed by atoms with Gasteiger partial charge in [0.2, 0.25) is 0 Å². The van der Waals surface area contributed by atoms with Gasteiger partial charge in [0, 0.05) is 49.2 Å². The molecule has 1 unspecified atom stereocenters. The first-order valence-electron chi connectivity index (χ1n) is 14.5. The molecule has 4 aromatic rings. The molecular weight excluding hydrogens is 557 g/mol. The molecule has 3 saturated heterocycles. The molecule has 0 amide bonds. The number of aromatic hydroxyl groups is 1. The van der Waals surface area contributed by atoms with Gasteiger partial charge in [0.25, 0.3) is 0 Å². The average molecular weight is 589 g/mol. The maximum absolute atomic E-state index is 16.6. The van der Waals surface area contributed by atoms with Crippen molar-refractivity contribution >= 4 is 27.5 Å². The summed E-state index contributed by atoms with van der Waals surface area (Å²) in [5.41, 5.74) is -0.511. The second-order valence-corrected chi connectivity index (χ2v) is 11.8. The van der Waals surface area contributed by atoms with Gasteiger partial charge < -0.3 is 20.1 Å². The van der Waals surface area contributed by atoms with Crippen LogP contribution in [0.4, 0.5) is 19.0 Å². The Hall–Kier alpha value is -4.14. The molecule has 3 fully saturated rings. The molecule has 0 bridgehead atoms. The fourth-order valence-electron chi connectivity index (χ4n) is 7.10. The van der Waals surface area contributed by atoms with Crippen LogP contribution in [0.5, 0.6) is 11.8 Å². The second-order valence-electron chi connectivity index (χ2n) is 11.8. The van der Waals surface area contributed by atoms with Crippen molar-refractivity contribution in [3.63, 3.8) is 0 Å². The van der Waals surface area contributed by atoms with Crippen molar-refractivity contribution < 1.29 is 23.0 Å². The van der Waals surface area contributed by atoms with Crippen LogP contribution >= 0.6 is 0 Å². The number of nitrogens with one attached hydrogen (secondary N) is 1. The number of hydrogen-bond acceptors (Lipinski definition) is 8. The summed E-state index contributed by atoms with van der Waals surface area (Å²) in [4.78, 5) is 17.8. The van der Waals surface area contributed by atoms with Crippen LogP contribution in [0.1, 0.15) is 31.2 Å². The van der Waals surface area contributed by atoms with Crippen LogP contribution in [0.25, 0.3) is 32.9 Å². The maximum Gasteiger partial charge on any atom is 0.319 e. The van der Waals surface area contributed by atoms with E-state index in [9.17, 15) is 13.9 Å². The summed E-state index contributed by atoms with van der Waals surface area (Å²) >= 11 is 0. The van der Waals surface area contributed by atoms with Gasteiger partial charge in [0.1, 0.15) is 41.4 Å². The van der Waals surface area contributed by atoms with E-state index in [1.54, 1.807) is 0 Å². The first-order valence-corrected chi connectivity index (χ1v) is 14.5. The predicted octanol–water partition coefficient (Wildman–Crippen LogP) is 4.56. The van der Waals surface area contributed by atoms with E-state index in [0.29, 0.717) is 42.6 Å². The molecular formula is C32H31F3N6O2. The number of alkyl halides is 1. The highest BCUT2D eigenvalue weighted by atomic mass is 19.1. The molecule has 7 rings (SSSR count). The minimum absolute atomic E-state index is 0.00823. The van der Waals surface area contributed by atoms with Gasteiger partial charge in [-0.15, -0.1) is 6.42 Å². The molecule has 3 aliphatic heterocycles. The number of terminal acetylenes is 1. The van der Waals surface area contributed by atoms with Crippen molar-refractivity contribution in [2.75, 3.05) is 44.7 Å². The lowest BCUT2D eigenvalue weighted by Crippen LogP contribution is -2.43. The highest BCUT2D eigenvalue weighted by molar-refractivity contribution is 6.03. The number of halogens is 3. The number of benzene rings is 2. The number of hydrogen-bond donors (Lipinski definition) is 2. The first kappa shape index (κ1) is 27.7. The van der Waals surface area contributed by atoms with E-state index in [-0.39, 0.29) is 52.1 Å². The number of rotatable bonds is 6. The third-order valence-electron chi connectivity index (χ3n) is 9.22. The van der Waals surface area contributed by atoms with Gasteiger partial charge in [0.05, 0.1) is 16.5 Å². The molecule has 3 atom stereocenters. The van der Waals surface area contributed by atoms with E-state index in [1.165, 1.54) is 30.5 Å². The van der Waals surface area contributed by atoms with E-state index >= 15 is 4.39 Å². The predicted molar refractivity (Wildman–Crippen MR) is 158 cm³/mol. The number of aromatic nitrogens is 3. The molecule has 3 aliphatic rings. The second kappa shape index (κ2) is 10.5. The Morgan fingerprint density at radius 1 is 1.21 bits per heavy atom. The SMILES string of the molecule is C#Cc1c(F)ccc2cc(O)cc(-c3ncc4c(N5CCC(NC)C5)nc(OC[C@@]56CCCN5C[C@H](F)C6)nc4c3F)c12. The summed E-state index contributed by atoms with van der Waals surface area (Å²) in [5.74, 6) is 1.28. The maximum atomic E-state index is 16.6. The number of likely N-dealkylation sites (N-methyl/N-ethyl adjacent to an activating group) is 1. The number of phenolic OH excluding ortho intramolecular Hbond substituents is 1. The fraction of sp³-hybridized carbons (Fsp3) is 0.406. The van der Waals surface area contributed by atoms with E-state index < -0.39 is 23.3 Å². The Morgan fingerprint density at radius 2 is 2.07 bits per heavy atom. The quantitative estimate of drug-likeness (QED) is 0.317. The van der Waals surface area contributed by atoms with Crippen LogP contribution in [0, 0.1) is 24.0 Å². The van der Waals surface area contributed by atoms with Gasteiger partial charge in [-0.05, 0) is 56.4 Å². The molecule has 5 heterocycles. The molecule has 43 heavy (non-hydrogen) atoms. The van der Waals surface area contributed by atoms with Crippen molar-refractivity contribution in [1.29, 1.82) is 0 Å². The molecule has 222 valence electrons. The van der Waals surface area contributed by atoms with Crippen LogP contribution in [-0.2, 0) is 0 Å². The summed E-state index contributed by atoms with van der Waals surface area (Å²) in [6, 6.07) is 5.66. The molecule has 0 radical (unpaired) electrons. The van der Waals surface area contributed by atoms with Crippen LogP contribution in [-0.4, -0.2) is 82.5 Å². The molecule has 0 spiro atoms. The molecule has 2 N–H and O–H groups in total. The summed E-state index contributed by atoms with van der Waals surface area (Å²) < 4.78 is 51.9. The van der Waals surface area contributed by atoms with E-state index in [2.05, 4.69) is 26.1 Å². The van der Waals surface area contributed by atoms with E-state index in [1.807, 2.05) is 11.9 Å². The monoisotopic (exact) mass is 588 g/mol. The van der Waals surface area contributed by atoms with Gasteiger partial charge >= 0.3 is 6.01 Å². The third-order valence-corrected chi connectivity index (χ3v) is 9.22. The smallest absolute Gasteiger partial charge is 0.319 e. The van der Waals surface area contributed by atoms with Crippen LogP contribution in [0.15, 0.2) is 30.5 Å². The number of fused-ring (bicyclic) bond motifs is 3. The van der Waals surface area contributed by atoms with Crippen molar-refractivity contribution in [3.05, 3.63) is 47.7 Å². The summed E-state index contributed by atoms with van der Waals surface area (Å²) in [5, 5.41) is 14.8. The molecule has 11 heteroatoms. The highest BCUT2D eigenvalue weighted by Crippen LogP contribution is 2.42. The van der Waals surface area contributed by atoms with E-state index in [0.717, 1.165) is 25.8 Å². The topological polar surface area (TPSA) is 86.6 Å². The van der Waals surface area contributed by atoms with Gasteiger partial charge in [-0.25, -0.2) is 13.2 Å². The number of pyridine rings is 1. The Bertz CT molecular complexity index is 1800. The number of anilines is 1. The lowest BCUT2D eigenvalue weighted by atomic mass is 9.95. The Labute approximate surface area is 246 Å². The van der Waals surface area contributed by atoms with Gasteiger partial charge in [-0.2, -0.15) is 9.97 Å². The summed E-state index contributed by atoms with van der Waals surface area (Å²) in [6.07, 6.45) is 9.25. The highest BCUT2D eigenvalue weighted by Gasteiger charge is 2.49. The molecule has 2 aromatic carbocycles. The normalized spacial score (nSPS) is 23.7. The number of ether oxygens (including phenoxy) is 1. The van der Waals surface area contributed by atoms with Crippen molar-refractivity contribution in [2.24, 2.45) is 0 Å². The van der Waals surface area contributed by atoms with Crippen LogP contribution in [0.2, 0.25) is 0 Å².